The van der Waals surface area contributed by atoms with E-state index in [1.807, 2.05) is 109 Å². The Labute approximate surface area is 227 Å². The second-order valence-electron chi connectivity index (χ2n) is 8.47. The van der Waals surface area contributed by atoms with Gasteiger partial charge in [-0.3, -0.25) is 18.7 Å². The van der Waals surface area contributed by atoms with Crippen LogP contribution in [0.1, 0.15) is 0 Å². The van der Waals surface area contributed by atoms with Crippen LogP contribution >= 0.6 is 23.5 Å². The third-order valence-electron chi connectivity index (χ3n) is 6.06. The van der Waals surface area contributed by atoms with Gasteiger partial charge in [-0.15, -0.1) is 0 Å². The molecule has 0 amide bonds. The van der Waals surface area contributed by atoms with Crippen LogP contribution in [0.25, 0.3) is 33.2 Å². The Hall–Kier alpha value is -4.14. The van der Waals surface area contributed by atoms with Gasteiger partial charge >= 0.3 is 0 Å². The highest BCUT2D eigenvalue weighted by Crippen LogP contribution is 2.25. The number of rotatable bonds is 7. The van der Waals surface area contributed by atoms with E-state index in [0.717, 1.165) is 11.4 Å². The molecule has 0 bridgehead atoms. The predicted molar refractivity (Wildman–Crippen MR) is 156 cm³/mol. The van der Waals surface area contributed by atoms with E-state index in [0.29, 0.717) is 43.6 Å². The van der Waals surface area contributed by atoms with Gasteiger partial charge < -0.3 is 0 Å². The average Bonchev–Trinajstić information content (AvgIpc) is 2.96. The van der Waals surface area contributed by atoms with Crippen molar-refractivity contribution in [3.63, 3.8) is 0 Å². The highest BCUT2D eigenvalue weighted by atomic mass is 32.2. The summed E-state index contributed by atoms with van der Waals surface area (Å²) in [5.41, 5.74) is 2.72. The molecule has 0 aliphatic heterocycles. The van der Waals surface area contributed by atoms with Gasteiger partial charge in [-0.25, -0.2) is 9.97 Å². The minimum Gasteiger partial charge on any atom is -0.268 e. The van der Waals surface area contributed by atoms with Gasteiger partial charge in [0.1, 0.15) is 0 Å². The maximum Gasteiger partial charge on any atom is 0.266 e. The monoisotopic (exact) mass is 534 g/mol. The Morgan fingerprint density at radius 2 is 0.868 bits per heavy atom. The SMILES string of the molecule is O=c1c2ccccc2nc(SCCSc2nc3ccccc3c(=O)n2-c2ccccc2)n1-c1ccccc1. The molecule has 4 aromatic carbocycles. The summed E-state index contributed by atoms with van der Waals surface area (Å²) in [6, 6.07) is 34.0. The molecule has 38 heavy (non-hydrogen) atoms. The molecule has 0 fully saturated rings. The Balaban J connectivity index is 1.32. The molecule has 2 aromatic heterocycles. The summed E-state index contributed by atoms with van der Waals surface area (Å²) in [5, 5.41) is 2.43. The summed E-state index contributed by atoms with van der Waals surface area (Å²) in [5.74, 6) is 1.33. The molecule has 2 heterocycles. The van der Waals surface area contributed by atoms with Crippen LogP contribution in [-0.4, -0.2) is 30.6 Å². The highest BCUT2D eigenvalue weighted by Gasteiger charge is 2.15. The Morgan fingerprint density at radius 3 is 1.29 bits per heavy atom. The lowest BCUT2D eigenvalue weighted by atomic mass is 10.2. The van der Waals surface area contributed by atoms with Crippen LogP contribution in [0.15, 0.2) is 129 Å². The zero-order valence-electron chi connectivity index (χ0n) is 20.2. The molecule has 6 nitrogen and oxygen atoms in total. The van der Waals surface area contributed by atoms with E-state index in [9.17, 15) is 9.59 Å². The molecule has 0 atom stereocenters. The van der Waals surface area contributed by atoms with E-state index in [1.165, 1.54) is 23.5 Å². The summed E-state index contributed by atoms with van der Waals surface area (Å²) in [7, 11) is 0. The number of aromatic nitrogens is 4. The molecule has 0 aliphatic carbocycles. The minimum absolute atomic E-state index is 0.0916. The van der Waals surface area contributed by atoms with E-state index in [4.69, 9.17) is 9.97 Å². The van der Waals surface area contributed by atoms with Crippen LogP contribution in [0.5, 0.6) is 0 Å². The lowest BCUT2D eigenvalue weighted by Crippen LogP contribution is -2.22. The van der Waals surface area contributed by atoms with Gasteiger partial charge in [0.05, 0.1) is 33.2 Å². The van der Waals surface area contributed by atoms with Crippen molar-refractivity contribution in [3.05, 3.63) is 130 Å². The van der Waals surface area contributed by atoms with Crippen molar-refractivity contribution in [1.82, 2.24) is 19.1 Å². The Kier molecular flexibility index (Phi) is 6.81. The van der Waals surface area contributed by atoms with Crippen LogP contribution in [0.3, 0.4) is 0 Å². The summed E-state index contributed by atoms with van der Waals surface area (Å²) in [4.78, 5) is 36.5. The van der Waals surface area contributed by atoms with E-state index in [1.54, 1.807) is 9.13 Å². The van der Waals surface area contributed by atoms with Gasteiger partial charge in [-0.1, -0.05) is 84.2 Å². The second-order valence-corrected chi connectivity index (χ2v) is 10.6. The first-order valence-corrected chi connectivity index (χ1v) is 14.1. The average molecular weight is 535 g/mol. The van der Waals surface area contributed by atoms with E-state index >= 15 is 0 Å². The fourth-order valence-electron chi connectivity index (χ4n) is 4.29. The summed E-state index contributed by atoms with van der Waals surface area (Å²) in [6.07, 6.45) is 0. The Morgan fingerprint density at radius 1 is 0.500 bits per heavy atom. The number of hydrogen-bond donors (Lipinski definition) is 0. The van der Waals surface area contributed by atoms with Crippen LogP contribution < -0.4 is 11.1 Å². The van der Waals surface area contributed by atoms with Crippen molar-refractivity contribution in [2.75, 3.05) is 11.5 Å². The number of nitrogens with zero attached hydrogens (tertiary/aromatic N) is 4. The molecule has 186 valence electrons. The maximum absolute atomic E-state index is 13.4. The molecular weight excluding hydrogens is 512 g/mol. The molecular formula is C30H22N4O2S2. The smallest absolute Gasteiger partial charge is 0.266 e. The number of fused-ring (bicyclic) bond motifs is 2. The first kappa shape index (κ1) is 24.2. The molecule has 0 spiro atoms. The zero-order chi connectivity index (χ0) is 25.9. The molecule has 0 saturated carbocycles. The van der Waals surface area contributed by atoms with Gasteiger partial charge in [0, 0.05) is 11.5 Å². The second kappa shape index (κ2) is 10.7. The fourth-order valence-corrected chi connectivity index (χ4v) is 6.29. The number of benzene rings is 4. The molecule has 6 rings (SSSR count). The van der Waals surface area contributed by atoms with Gasteiger partial charge in [0.25, 0.3) is 11.1 Å². The molecule has 0 radical (unpaired) electrons. The van der Waals surface area contributed by atoms with Crippen molar-refractivity contribution < 1.29 is 0 Å². The minimum atomic E-state index is -0.0916. The molecule has 6 aromatic rings. The van der Waals surface area contributed by atoms with Crippen LogP contribution in [-0.2, 0) is 0 Å². The van der Waals surface area contributed by atoms with E-state index in [-0.39, 0.29) is 11.1 Å². The maximum atomic E-state index is 13.4. The van der Waals surface area contributed by atoms with Crippen LogP contribution in [0, 0.1) is 0 Å². The van der Waals surface area contributed by atoms with Gasteiger partial charge in [0.15, 0.2) is 10.3 Å². The van der Waals surface area contributed by atoms with Crippen LogP contribution in [0.4, 0.5) is 0 Å². The number of thioether (sulfide) groups is 2. The largest absolute Gasteiger partial charge is 0.268 e. The molecule has 0 N–H and O–H groups in total. The van der Waals surface area contributed by atoms with Crippen molar-refractivity contribution in [2.24, 2.45) is 0 Å². The summed E-state index contributed by atoms with van der Waals surface area (Å²) < 4.78 is 3.34. The van der Waals surface area contributed by atoms with Crippen molar-refractivity contribution in [3.8, 4) is 11.4 Å². The van der Waals surface area contributed by atoms with Crippen molar-refractivity contribution in [1.29, 1.82) is 0 Å². The van der Waals surface area contributed by atoms with Gasteiger partial charge in [-0.2, -0.15) is 0 Å². The standard InChI is InChI=1S/C30H22N4O2S2/c35-27-23-15-7-9-17-25(23)31-29(33(27)21-11-3-1-4-12-21)37-19-20-38-30-32-26-18-10-8-16-24(26)28(36)34(30)22-13-5-2-6-14-22/h1-18H,19-20H2. The first-order chi connectivity index (χ1) is 18.7. The van der Waals surface area contributed by atoms with E-state index in [2.05, 4.69) is 0 Å². The predicted octanol–water partition coefficient (Wildman–Crippen LogP) is 5.97. The third kappa shape index (κ3) is 4.64. The number of para-hydroxylation sites is 4. The van der Waals surface area contributed by atoms with Crippen molar-refractivity contribution in [2.45, 2.75) is 10.3 Å². The molecule has 0 unspecified atom stereocenters. The lowest BCUT2D eigenvalue weighted by Gasteiger charge is -2.14. The quantitative estimate of drug-likeness (QED) is 0.143. The normalized spacial score (nSPS) is 11.3. The van der Waals surface area contributed by atoms with Gasteiger partial charge in [-0.05, 0) is 48.5 Å². The summed E-state index contributed by atoms with van der Waals surface area (Å²) >= 11 is 3.03. The van der Waals surface area contributed by atoms with Crippen molar-refractivity contribution >= 4 is 45.3 Å². The Bertz CT molecular complexity index is 1730. The highest BCUT2D eigenvalue weighted by molar-refractivity contribution is 8.02. The topological polar surface area (TPSA) is 69.8 Å². The molecule has 0 saturated heterocycles. The number of hydrogen-bond acceptors (Lipinski definition) is 6. The summed E-state index contributed by atoms with van der Waals surface area (Å²) in [6.45, 7) is 0. The third-order valence-corrected chi connectivity index (χ3v) is 8.20. The van der Waals surface area contributed by atoms with Crippen LogP contribution in [0.2, 0.25) is 0 Å². The zero-order valence-corrected chi connectivity index (χ0v) is 21.9. The first-order valence-electron chi connectivity index (χ1n) is 12.1. The fraction of sp³-hybridized carbons (Fsp3) is 0.0667. The van der Waals surface area contributed by atoms with Gasteiger partial charge in [0.2, 0.25) is 0 Å². The lowest BCUT2D eigenvalue weighted by molar-refractivity contribution is 0.818. The molecule has 8 heteroatoms. The molecule has 0 aliphatic rings. The van der Waals surface area contributed by atoms with E-state index < -0.39 is 0 Å².